The van der Waals surface area contributed by atoms with Gasteiger partial charge in [-0.25, -0.2) is 4.39 Å². The summed E-state index contributed by atoms with van der Waals surface area (Å²) in [6.07, 6.45) is 4.09. The monoisotopic (exact) mass is 350 g/mol. The van der Waals surface area contributed by atoms with Crippen molar-refractivity contribution >= 4 is 23.2 Å². The van der Waals surface area contributed by atoms with Gasteiger partial charge < -0.3 is 9.84 Å². The zero-order valence-corrected chi connectivity index (χ0v) is 13.5. The van der Waals surface area contributed by atoms with Gasteiger partial charge in [0.05, 0.1) is 10.4 Å². The Labute approximate surface area is 143 Å². The number of aromatic hydroxyl groups is 1. The van der Waals surface area contributed by atoms with E-state index in [-0.39, 0.29) is 16.9 Å². The first-order valence-corrected chi connectivity index (χ1v) is 7.83. The lowest BCUT2D eigenvalue weighted by Gasteiger charge is -2.16. The summed E-state index contributed by atoms with van der Waals surface area (Å²) in [5, 5.41) is 10.4. The lowest BCUT2D eigenvalue weighted by atomic mass is 10.1. The van der Waals surface area contributed by atoms with Gasteiger partial charge in [-0.3, -0.25) is 0 Å². The van der Waals surface area contributed by atoms with E-state index in [2.05, 4.69) is 0 Å². The van der Waals surface area contributed by atoms with Gasteiger partial charge in [0.15, 0.2) is 11.5 Å². The van der Waals surface area contributed by atoms with Crippen LogP contribution in [0, 0.1) is 5.82 Å². The molecule has 0 bridgehead atoms. The molecule has 0 saturated carbocycles. The molecular formula is C18H13Cl2FO2. The average molecular weight is 351 g/mol. The van der Waals surface area contributed by atoms with Crippen molar-refractivity contribution in [2.24, 2.45) is 0 Å². The molecule has 0 heterocycles. The van der Waals surface area contributed by atoms with E-state index >= 15 is 0 Å². The zero-order chi connectivity index (χ0) is 16.4. The molecule has 1 unspecified atom stereocenters. The highest BCUT2D eigenvalue weighted by Gasteiger charge is 2.16. The molecule has 0 aliphatic heterocycles. The third-order valence-corrected chi connectivity index (χ3v) is 4.06. The summed E-state index contributed by atoms with van der Waals surface area (Å²) < 4.78 is 18.6. The van der Waals surface area contributed by atoms with Gasteiger partial charge in [0.25, 0.3) is 0 Å². The number of halogens is 3. The van der Waals surface area contributed by atoms with Crippen LogP contribution >= 0.6 is 23.2 Å². The largest absolute Gasteiger partial charge is 0.504 e. The Morgan fingerprint density at radius 3 is 2.43 bits per heavy atom. The van der Waals surface area contributed by atoms with Crippen LogP contribution in [0.4, 0.5) is 4.39 Å². The summed E-state index contributed by atoms with van der Waals surface area (Å²) in [5.41, 5.74) is 1.56. The summed E-state index contributed by atoms with van der Waals surface area (Å²) in [7, 11) is 0. The Balaban J connectivity index is 1.83. The number of allylic oxidation sites excluding steroid dienone is 3. The number of benzene rings is 2. The predicted molar refractivity (Wildman–Crippen MR) is 90.4 cm³/mol. The molecule has 0 saturated heterocycles. The number of hydrogen-bond acceptors (Lipinski definition) is 2. The molecule has 2 nitrogen and oxygen atoms in total. The maximum Gasteiger partial charge on any atom is 0.169 e. The Kier molecular flexibility index (Phi) is 4.60. The van der Waals surface area contributed by atoms with Crippen molar-refractivity contribution in [2.45, 2.75) is 11.8 Å². The first kappa shape index (κ1) is 15.9. The highest BCUT2D eigenvalue weighted by atomic mass is 35.5. The van der Waals surface area contributed by atoms with Gasteiger partial charge in [-0.2, -0.15) is 0 Å². The van der Waals surface area contributed by atoms with Crippen LogP contribution in [-0.2, 0) is 0 Å². The second-order valence-corrected chi connectivity index (χ2v) is 6.09. The summed E-state index contributed by atoms with van der Waals surface area (Å²) in [4.78, 5) is 0. The Hall–Kier alpha value is -1.97. The first-order chi connectivity index (χ1) is 11.0. The van der Waals surface area contributed by atoms with E-state index in [1.54, 1.807) is 42.5 Å². The summed E-state index contributed by atoms with van der Waals surface area (Å²) in [6.45, 7) is 0. The quantitative estimate of drug-likeness (QED) is 0.730. The van der Waals surface area contributed by atoms with E-state index in [4.69, 9.17) is 27.9 Å². The summed E-state index contributed by atoms with van der Waals surface area (Å²) >= 11 is 12.1. The van der Waals surface area contributed by atoms with Crippen molar-refractivity contribution in [1.29, 1.82) is 0 Å². The summed E-state index contributed by atoms with van der Waals surface area (Å²) in [6, 6.07) is 11.0. The van der Waals surface area contributed by atoms with Crippen LogP contribution in [-0.4, -0.2) is 10.5 Å². The molecule has 118 valence electrons. The van der Waals surface area contributed by atoms with Crippen molar-refractivity contribution in [3.05, 3.63) is 71.2 Å². The highest BCUT2D eigenvalue weighted by molar-refractivity contribution is 6.33. The smallest absolute Gasteiger partial charge is 0.169 e. The minimum Gasteiger partial charge on any atom is -0.504 e. The lowest BCUT2D eigenvalue weighted by Crippen LogP contribution is -2.05. The number of rotatable bonds is 3. The van der Waals surface area contributed by atoms with Crippen molar-refractivity contribution in [3.63, 3.8) is 0 Å². The molecule has 2 aromatic rings. The molecule has 1 aliphatic carbocycles. The van der Waals surface area contributed by atoms with Gasteiger partial charge in [0, 0.05) is 0 Å². The number of alkyl halides is 1. The Morgan fingerprint density at radius 2 is 1.78 bits per heavy atom. The van der Waals surface area contributed by atoms with Gasteiger partial charge in [0.1, 0.15) is 11.6 Å². The van der Waals surface area contributed by atoms with E-state index in [1.807, 2.05) is 0 Å². The Bertz CT molecular complexity index is 782. The zero-order valence-electron chi connectivity index (χ0n) is 12.0. The lowest BCUT2D eigenvalue weighted by molar-refractivity contribution is 0.388. The third-order valence-electron chi connectivity index (χ3n) is 3.45. The fourth-order valence-electron chi connectivity index (χ4n) is 2.26. The maximum atomic E-state index is 13.0. The molecule has 23 heavy (non-hydrogen) atoms. The van der Waals surface area contributed by atoms with Crippen molar-refractivity contribution < 1.29 is 14.2 Å². The molecule has 0 spiro atoms. The standard InChI is InChI=1S/C18H13Cl2FO2/c19-13-4-8-17(15(20)10-13)23-18-7-3-12(9-16(18)22)11-1-5-14(21)6-2-11/h1-3,5-10,13,22H,4H2. The molecule has 0 radical (unpaired) electrons. The molecule has 5 heteroatoms. The second kappa shape index (κ2) is 6.65. The Morgan fingerprint density at radius 1 is 1.09 bits per heavy atom. The van der Waals surface area contributed by atoms with Gasteiger partial charge in [0.2, 0.25) is 0 Å². The van der Waals surface area contributed by atoms with E-state index in [0.29, 0.717) is 23.0 Å². The highest BCUT2D eigenvalue weighted by Crippen LogP contribution is 2.35. The topological polar surface area (TPSA) is 29.5 Å². The van der Waals surface area contributed by atoms with Crippen LogP contribution < -0.4 is 4.74 Å². The SMILES string of the molecule is Oc1cc(-c2ccc(F)cc2)ccc1OC1=CCC(Cl)C=C1Cl. The molecule has 0 aromatic heterocycles. The van der Waals surface area contributed by atoms with Crippen LogP contribution in [0.25, 0.3) is 11.1 Å². The van der Waals surface area contributed by atoms with Gasteiger partial charge in [-0.15, -0.1) is 11.6 Å². The number of hydrogen-bond donors (Lipinski definition) is 1. The number of phenolic OH excluding ortho intramolecular Hbond substituents is 1. The fourth-order valence-corrected chi connectivity index (χ4v) is 2.81. The predicted octanol–water partition coefficient (Wildman–Crippen LogP) is 5.59. The summed E-state index contributed by atoms with van der Waals surface area (Å²) in [5.74, 6) is 0.432. The van der Waals surface area contributed by atoms with Crippen molar-refractivity contribution in [3.8, 4) is 22.6 Å². The minimum absolute atomic E-state index is 0.0230. The van der Waals surface area contributed by atoms with Crippen LogP contribution in [0.5, 0.6) is 11.5 Å². The number of phenols is 1. The molecule has 1 atom stereocenters. The average Bonchev–Trinajstić information content (AvgIpc) is 2.52. The second-order valence-electron chi connectivity index (χ2n) is 5.13. The van der Waals surface area contributed by atoms with Gasteiger partial charge in [-0.1, -0.05) is 29.8 Å². The van der Waals surface area contributed by atoms with Crippen LogP contribution in [0.15, 0.2) is 65.4 Å². The maximum absolute atomic E-state index is 13.0. The van der Waals surface area contributed by atoms with Gasteiger partial charge >= 0.3 is 0 Å². The normalized spacial score (nSPS) is 17.4. The first-order valence-electron chi connectivity index (χ1n) is 7.01. The molecule has 3 rings (SSSR count). The molecule has 2 aromatic carbocycles. The van der Waals surface area contributed by atoms with Crippen LogP contribution in [0.2, 0.25) is 0 Å². The molecule has 0 fully saturated rings. The van der Waals surface area contributed by atoms with E-state index in [9.17, 15) is 9.50 Å². The van der Waals surface area contributed by atoms with E-state index < -0.39 is 0 Å². The van der Waals surface area contributed by atoms with E-state index in [1.165, 1.54) is 12.1 Å². The third kappa shape index (κ3) is 3.69. The van der Waals surface area contributed by atoms with Crippen LogP contribution in [0.3, 0.4) is 0 Å². The molecular weight excluding hydrogens is 338 g/mol. The van der Waals surface area contributed by atoms with Crippen molar-refractivity contribution in [1.82, 2.24) is 0 Å². The molecule has 1 aliphatic rings. The number of ether oxygens (including phenoxy) is 1. The van der Waals surface area contributed by atoms with Crippen LogP contribution in [0.1, 0.15) is 6.42 Å². The van der Waals surface area contributed by atoms with Crippen molar-refractivity contribution in [2.75, 3.05) is 0 Å². The molecule has 1 N–H and O–H groups in total. The molecule has 0 amide bonds. The minimum atomic E-state index is -0.304. The van der Waals surface area contributed by atoms with E-state index in [0.717, 1.165) is 11.1 Å². The van der Waals surface area contributed by atoms with Gasteiger partial charge in [-0.05, 0) is 54.0 Å². The fraction of sp³-hybridized carbons (Fsp3) is 0.111.